The molecule has 1 aromatic carbocycles. The van der Waals surface area contributed by atoms with Crippen LogP contribution in [0.4, 0.5) is 0 Å². The molecule has 112 valence electrons. The molecule has 0 spiro atoms. The van der Waals surface area contributed by atoms with Crippen LogP contribution >= 0.6 is 0 Å². The number of rotatable bonds is 5. The van der Waals surface area contributed by atoms with E-state index in [1.807, 2.05) is 27.7 Å². The molecular formula is C14H21NO3S2. The van der Waals surface area contributed by atoms with Crippen molar-refractivity contribution in [2.45, 2.75) is 43.8 Å². The maximum absolute atomic E-state index is 11.9. The van der Waals surface area contributed by atoms with Gasteiger partial charge in [0.15, 0.2) is 9.84 Å². The first-order valence-corrected chi connectivity index (χ1v) is 9.21. The first-order valence-electron chi connectivity index (χ1n) is 6.45. The first kappa shape index (κ1) is 17.2. The maximum atomic E-state index is 11.9. The molecule has 0 fully saturated rings. The van der Waals surface area contributed by atoms with E-state index < -0.39 is 25.9 Å². The van der Waals surface area contributed by atoms with Gasteiger partial charge >= 0.3 is 0 Å². The molecule has 20 heavy (non-hydrogen) atoms. The van der Waals surface area contributed by atoms with Gasteiger partial charge in [0.2, 0.25) is 0 Å². The summed E-state index contributed by atoms with van der Waals surface area (Å²) in [5.41, 5.74) is 0.734. The summed E-state index contributed by atoms with van der Waals surface area (Å²) >= 11 is -1.31. The highest BCUT2D eigenvalue weighted by Crippen LogP contribution is 2.17. The molecule has 1 aromatic rings. The van der Waals surface area contributed by atoms with Crippen LogP contribution < -0.4 is 0 Å². The van der Waals surface area contributed by atoms with Gasteiger partial charge in [-0.1, -0.05) is 23.5 Å². The van der Waals surface area contributed by atoms with Gasteiger partial charge in [0, 0.05) is 0 Å². The summed E-state index contributed by atoms with van der Waals surface area (Å²) in [6.45, 7) is 7.38. The minimum atomic E-state index is -3.19. The Labute approximate surface area is 124 Å². The van der Waals surface area contributed by atoms with Gasteiger partial charge in [-0.25, -0.2) is 8.42 Å². The van der Waals surface area contributed by atoms with Crippen molar-refractivity contribution in [3.8, 4) is 0 Å². The molecule has 0 saturated heterocycles. The van der Waals surface area contributed by atoms with E-state index in [-0.39, 0.29) is 5.75 Å². The summed E-state index contributed by atoms with van der Waals surface area (Å²) < 4.78 is 39.1. The highest BCUT2D eigenvalue weighted by Gasteiger charge is 2.25. The van der Waals surface area contributed by atoms with Gasteiger partial charge in [-0.15, -0.1) is 0 Å². The second-order valence-corrected chi connectivity index (χ2v) is 9.53. The van der Waals surface area contributed by atoms with Crippen molar-refractivity contribution < 1.29 is 13.0 Å². The number of sulfone groups is 1. The highest BCUT2D eigenvalue weighted by atomic mass is 32.2. The summed E-state index contributed by atoms with van der Waals surface area (Å²) in [4.78, 5) is 0.313. The molecule has 0 radical (unpaired) electrons. The third kappa shape index (κ3) is 4.92. The van der Waals surface area contributed by atoms with Crippen LogP contribution in [0.2, 0.25) is 0 Å². The van der Waals surface area contributed by atoms with E-state index in [1.165, 1.54) is 6.21 Å². The zero-order chi connectivity index (χ0) is 15.4. The average Bonchev–Trinajstić information content (AvgIpc) is 2.35. The second-order valence-electron chi connectivity index (χ2n) is 5.48. The zero-order valence-corrected chi connectivity index (χ0v) is 13.9. The summed E-state index contributed by atoms with van der Waals surface area (Å²) in [7, 11) is -3.19. The van der Waals surface area contributed by atoms with E-state index in [1.54, 1.807) is 24.3 Å². The van der Waals surface area contributed by atoms with Crippen molar-refractivity contribution in [2.24, 2.45) is 4.40 Å². The molecule has 0 amide bonds. The van der Waals surface area contributed by atoms with Crippen LogP contribution in [0.1, 0.15) is 39.7 Å². The molecule has 0 aliphatic heterocycles. The lowest BCUT2D eigenvalue weighted by atomic mass is 10.2. The smallest absolute Gasteiger partial charge is 0.178 e. The lowest BCUT2D eigenvalue weighted by molar-refractivity contribution is 0.562. The van der Waals surface area contributed by atoms with Crippen molar-refractivity contribution in [3.63, 3.8) is 0 Å². The van der Waals surface area contributed by atoms with E-state index in [0.717, 1.165) is 5.56 Å². The SMILES string of the molecule is CCCS(=O)(=O)c1ccc(/C=N/[S+]([O-])C(C)(C)C)cc1. The monoisotopic (exact) mass is 315 g/mol. The Bertz CT molecular complexity index is 557. The Balaban J connectivity index is 2.85. The zero-order valence-electron chi connectivity index (χ0n) is 12.3. The minimum absolute atomic E-state index is 0.147. The number of hydrogen-bond acceptors (Lipinski definition) is 4. The number of nitrogens with zero attached hydrogens (tertiary/aromatic N) is 1. The lowest BCUT2D eigenvalue weighted by Crippen LogP contribution is -2.25. The van der Waals surface area contributed by atoms with E-state index in [2.05, 4.69) is 4.40 Å². The predicted octanol–water partition coefficient (Wildman–Crippen LogP) is 2.75. The number of hydrogen-bond donors (Lipinski definition) is 0. The second kappa shape index (κ2) is 6.74. The van der Waals surface area contributed by atoms with Crippen LogP contribution in [-0.2, 0) is 21.2 Å². The van der Waals surface area contributed by atoms with E-state index in [0.29, 0.717) is 11.3 Å². The standard InChI is InChI=1S/C14H21NO3S2/c1-5-10-20(17,18)13-8-6-12(7-9-13)11-15-19(16)14(2,3)4/h6-9,11H,5,10H2,1-4H3/b15-11+. The molecule has 0 aliphatic rings. The summed E-state index contributed by atoms with van der Waals surface area (Å²) in [5.74, 6) is 0.147. The topological polar surface area (TPSA) is 69.6 Å². The van der Waals surface area contributed by atoms with Gasteiger partial charge in [0.05, 0.1) is 16.9 Å². The molecule has 1 rings (SSSR count). The molecule has 1 atom stereocenters. The van der Waals surface area contributed by atoms with Crippen LogP contribution in [-0.4, -0.2) is 29.7 Å². The molecule has 0 aromatic heterocycles. The highest BCUT2D eigenvalue weighted by molar-refractivity contribution is 7.91. The van der Waals surface area contributed by atoms with Crippen molar-refractivity contribution in [3.05, 3.63) is 29.8 Å². The fraction of sp³-hybridized carbons (Fsp3) is 0.500. The van der Waals surface area contributed by atoms with Crippen LogP contribution in [0.15, 0.2) is 33.6 Å². The minimum Gasteiger partial charge on any atom is -0.591 e. The molecule has 0 aliphatic carbocycles. The van der Waals surface area contributed by atoms with E-state index >= 15 is 0 Å². The van der Waals surface area contributed by atoms with Crippen LogP contribution in [0, 0.1) is 0 Å². The van der Waals surface area contributed by atoms with Crippen LogP contribution in [0.3, 0.4) is 0 Å². The lowest BCUT2D eigenvalue weighted by Gasteiger charge is -2.17. The van der Waals surface area contributed by atoms with Gasteiger partial charge in [-0.05, 0) is 44.9 Å². The number of benzene rings is 1. The maximum Gasteiger partial charge on any atom is 0.178 e. The van der Waals surface area contributed by atoms with Crippen molar-refractivity contribution in [1.29, 1.82) is 0 Å². The molecular weight excluding hydrogens is 294 g/mol. The molecule has 0 N–H and O–H groups in total. The fourth-order valence-electron chi connectivity index (χ4n) is 1.41. The average molecular weight is 315 g/mol. The summed E-state index contributed by atoms with van der Waals surface area (Å²) in [5, 5.41) is 0. The third-order valence-electron chi connectivity index (χ3n) is 2.53. The van der Waals surface area contributed by atoms with Crippen LogP contribution in [0.25, 0.3) is 0 Å². The Morgan fingerprint density at radius 2 is 1.80 bits per heavy atom. The van der Waals surface area contributed by atoms with Crippen molar-refractivity contribution >= 4 is 27.4 Å². The van der Waals surface area contributed by atoms with Crippen LogP contribution in [0.5, 0.6) is 0 Å². The molecule has 1 unspecified atom stereocenters. The van der Waals surface area contributed by atoms with Gasteiger partial charge < -0.3 is 4.55 Å². The Morgan fingerprint density at radius 1 is 1.25 bits per heavy atom. The fourth-order valence-corrected chi connectivity index (χ4v) is 3.27. The molecule has 0 heterocycles. The molecule has 6 heteroatoms. The third-order valence-corrected chi connectivity index (χ3v) is 5.81. The molecule has 4 nitrogen and oxygen atoms in total. The Morgan fingerprint density at radius 3 is 2.25 bits per heavy atom. The Kier molecular flexibility index (Phi) is 5.79. The van der Waals surface area contributed by atoms with E-state index in [4.69, 9.17) is 0 Å². The largest absolute Gasteiger partial charge is 0.591 e. The Hall–Kier alpha value is -0.850. The quantitative estimate of drug-likeness (QED) is 0.619. The van der Waals surface area contributed by atoms with Gasteiger partial charge in [0.25, 0.3) is 0 Å². The summed E-state index contributed by atoms with van der Waals surface area (Å²) in [6.07, 6.45) is 2.10. The van der Waals surface area contributed by atoms with E-state index in [9.17, 15) is 13.0 Å². The van der Waals surface area contributed by atoms with Gasteiger partial charge in [-0.3, -0.25) is 0 Å². The van der Waals surface area contributed by atoms with Crippen molar-refractivity contribution in [2.75, 3.05) is 5.75 Å². The molecule has 0 bridgehead atoms. The normalized spacial score (nSPS) is 14.7. The first-order chi connectivity index (χ1) is 9.16. The van der Waals surface area contributed by atoms with Gasteiger partial charge in [0.1, 0.15) is 16.1 Å². The molecule has 0 saturated carbocycles. The predicted molar refractivity (Wildman–Crippen MR) is 84.3 cm³/mol. The van der Waals surface area contributed by atoms with Gasteiger partial charge in [-0.2, -0.15) is 0 Å². The summed E-state index contributed by atoms with van der Waals surface area (Å²) in [6, 6.07) is 6.47. The van der Waals surface area contributed by atoms with Crippen molar-refractivity contribution in [1.82, 2.24) is 0 Å².